The number of nitrogens with one attached hydrogen (secondary N) is 7. The number of halogens is 2. The highest BCUT2D eigenvalue weighted by atomic mass is 35.5. The van der Waals surface area contributed by atoms with Gasteiger partial charge in [0.25, 0.3) is 0 Å². The van der Waals surface area contributed by atoms with Gasteiger partial charge in [-0.05, 0) is 137 Å². The fourth-order valence-electron chi connectivity index (χ4n) is 11.9. The molecule has 13 rings (SSSR count). The number of hydrogen-bond acceptors (Lipinski definition) is 19. The first-order chi connectivity index (χ1) is 46.0. The summed E-state index contributed by atoms with van der Waals surface area (Å²) in [7, 11) is 0. The Morgan fingerprint density at radius 1 is 0.500 bits per heavy atom. The molecule has 6 aliphatic rings. The number of carbonyl (C=O) groups is 7. The molecule has 500 valence electrons. The van der Waals surface area contributed by atoms with E-state index in [1.807, 2.05) is 0 Å². The lowest BCUT2D eigenvalue weighted by Crippen LogP contribution is -2.56. The molecule has 0 saturated heterocycles. The number of carbonyl (C=O) groups excluding carboxylic acids is 7. The minimum atomic E-state index is -2.15. The average Bonchev–Trinajstić information content (AvgIpc) is 0.774. The molecule has 0 spiro atoms. The van der Waals surface area contributed by atoms with Crippen molar-refractivity contribution in [2.75, 3.05) is 13.1 Å². The van der Waals surface area contributed by atoms with Crippen LogP contribution in [0.1, 0.15) is 127 Å². The third-order valence-corrected chi connectivity index (χ3v) is 17.5. The molecule has 0 aromatic heterocycles. The first kappa shape index (κ1) is 66.9. The number of aromatic hydroxyl groups is 6. The van der Waals surface area contributed by atoms with Crippen molar-refractivity contribution in [2.45, 2.75) is 106 Å². The molecule has 0 fully saturated rings. The maximum absolute atomic E-state index is 15.9. The fourth-order valence-corrected chi connectivity index (χ4v) is 12.4. The van der Waals surface area contributed by atoms with E-state index in [-0.39, 0.29) is 90.5 Å². The normalized spacial score (nSPS) is 20.8. The number of benzene rings is 7. The van der Waals surface area contributed by atoms with E-state index in [9.17, 15) is 50.1 Å². The topological polar surface area (TPSA) is 425 Å². The van der Waals surface area contributed by atoms with Crippen molar-refractivity contribution in [3.05, 3.63) is 164 Å². The lowest BCUT2D eigenvalue weighted by atomic mass is 9.89. The second-order valence-corrected chi connectivity index (χ2v) is 24.5. The van der Waals surface area contributed by atoms with Crippen LogP contribution in [0.4, 0.5) is 0 Å². The Balaban J connectivity index is 1.07. The summed E-state index contributed by atoms with van der Waals surface area (Å²) in [4.78, 5) is 106. The monoisotopic (exact) mass is 1350 g/mol. The molecule has 7 aromatic rings. The van der Waals surface area contributed by atoms with Crippen molar-refractivity contribution in [3.63, 3.8) is 0 Å². The van der Waals surface area contributed by atoms with Crippen LogP contribution in [0.3, 0.4) is 0 Å². The van der Waals surface area contributed by atoms with Gasteiger partial charge in [0, 0.05) is 36.2 Å². The SMILES string of the molecule is NCCCCCCCCCCNC(=O)[C@@H]1NC(=O)C2NC(=O)C(NC(=O)C3NC(=O)C4NC(=O)C(Cc5ccc(c(Cl)c5)Oc5cc3cc(c5O)Oc3ccc(cc3Cl)C2O)NC(=O)C(N)c2ccc(O)c(c2)Oc2cc(O)cc4c2)c2ccc(O)c(c2)-c2c(O)cc(O)cc21. The van der Waals surface area contributed by atoms with Crippen LogP contribution in [0.2, 0.25) is 10.0 Å². The number of aliphatic hydroxyl groups is 1. The minimum absolute atomic E-state index is 0.105. The van der Waals surface area contributed by atoms with E-state index in [2.05, 4.69) is 37.2 Å². The van der Waals surface area contributed by atoms with Gasteiger partial charge < -0.3 is 98.6 Å². The summed E-state index contributed by atoms with van der Waals surface area (Å²) in [6, 6.07) is 9.54. The Morgan fingerprint density at radius 3 is 1.75 bits per heavy atom. The molecule has 8 atom stereocenters. The van der Waals surface area contributed by atoms with Crippen molar-refractivity contribution in [1.29, 1.82) is 0 Å². The van der Waals surface area contributed by atoms with Gasteiger partial charge in [0.15, 0.2) is 23.0 Å². The molecule has 0 aliphatic carbocycles. The standard InChI is InChI=1S/C68H67Cl2N9O17/c69-42-19-31-9-15-48(42)95-51-26-36-27-52(61(51)86)96-49-16-12-34(24-43(49)70)60(85)59-68(93)78-58(64(89)73-18-8-6-4-2-1-3-5-7-17-71)41-29-38(81)30-47(84)53(41)40-23-33(11-13-45(40)82)55(65(90)79-59)76-67(92)57(36)77-66(91)56-35-21-37(80)28-39(22-35)94-50-25-32(10-14-46(50)83)54(72)63(88)74-44(20-31)62(87)75-56/h9-16,19,21-30,44,54-60,80-86H,1-8,17-18,20,71-72H2,(H,73,89)(H,74,88)(H,75,87)(H,76,92)(H,77,91)(H,78,93)(H,79,90)/t44?,54?,55?,56?,57?,58-,59?,60?/m1/s1. The van der Waals surface area contributed by atoms with Gasteiger partial charge in [0.2, 0.25) is 47.1 Å². The van der Waals surface area contributed by atoms with E-state index in [1.165, 1.54) is 72.8 Å². The Kier molecular flexibility index (Phi) is 19.9. The van der Waals surface area contributed by atoms with Crippen LogP contribution >= 0.6 is 23.2 Å². The molecule has 6 aliphatic heterocycles. The number of phenolic OH excluding ortho intramolecular Hbond substituents is 6. The molecule has 6 heterocycles. The van der Waals surface area contributed by atoms with Gasteiger partial charge in [-0.3, -0.25) is 33.6 Å². The second kappa shape index (κ2) is 28.6. The van der Waals surface area contributed by atoms with E-state index < -0.39 is 136 Å². The van der Waals surface area contributed by atoms with Gasteiger partial charge >= 0.3 is 0 Å². The van der Waals surface area contributed by atoms with Crippen molar-refractivity contribution < 1.29 is 83.5 Å². The fraction of sp³-hybridized carbons (Fsp3) is 0.279. The van der Waals surface area contributed by atoms with Crippen LogP contribution in [0.15, 0.2) is 115 Å². The van der Waals surface area contributed by atoms with Crippen molar-refractivity contribution >= 4 is 64.6 Å². The summed E-state index contributed by atoms with van der Waals surface area (Å²) >= 11 is 13.8. The predicted molar refractivity (Wildman–Crippen MR) is 346 cm³/mol. The maximum atomic E-state index is 15.9. The van der Waals surface area contributed by atoms with Crippen LogP contribution in [-0.4, -0.2) is 102 Å². The second-order valence-electron chi connectivity index (χ2n) is 23.7. The number of nitrogens with two attached hydrogens (primary N) is 2. The molecule has 0 saturated carbocycles. The summed E-state index contributed by atoms with van der Waals surface area (Å²) in [6.45, 7) is 0.729. The zero-order chi connectivity index (χ0) is 68.2. The van der Waals surface area contributed by atoms with E-state index in [0.717, 1.165) is 87.4 Å². The van der Waals surface area contributed by atoms with Crippen molar-refractivity contribution in [2.24, 2.45) is 11.5 Å². The van der Waals surface area contributed by atoms with Gasteiger partial charge in [0.05, 0.1) is 10.0 Å². The molecular weight excluding hydrogens is 1290 g/mol. The van der Waals surface area contributed by atoms with Crippen LogP contribution < -0.4 is 62.9 Å². The molecule has 0 radical (unpaired) electrons. The smallest absolute Gasteiger partial charge is 0.248 e. The lowest BCUT2D eigenvalue weighted by molar-refractivity contribution is -0.137. The first-order valence-corrected chi connectivity index (χ1v) is 31.6. The van der Waals surface area contributed by atoms with Gasteiger partial charge in [-0.25, -0.2) is 0 Å². The summed E-state index contributed by atoms with van der Waals surface area (Å²) in [5, 5.41) is 99.6. The third kappa shape index (κ3) is 14.6. The summed E-state index contributed by atoms with van der Waals surface area (Å²) in [6.07, 6.45) is 4.66. The van der Waals surface area contributed by atoms with Gasteiger partial charge in [0.1, 0.15) is 88.6 Å². The summed E-state index contributed by atoms with van der Waals surface area (Å²) in [5.74, 6) is -13.3. The maximum Gasteiger partial charge on any atom is 0.248 e. The molecule has 7 amide bonds. The Bertz CT molecular complexity index is 4250. The van der Waals surface area contributed by atoms with Crippen LogP contribution in [0, 0.1) is 0 Å². The number of ether oxygens (including phenoxy) is 3. The summed E-state index contributed by atoms with van der Waals surface area (Å²) in [5.41, 5.74) is 10.7. The quantitative estimate of drug-likeness (QED) is 0.0574. The van der Waals surface area contributed by atoms with E-state index >= 15 is 19.2 Å². The number of unbranched alkanes of at least 4 members (excludes halogenated alkanes) is 7. The minimum Gasteiger partial charge on any atom is -0.508 e. The average molecular weight is 1350 g/mol. The van der Waals surface area contributed by atoms with Crippen molar-refractivity contribution in [3.8, 4) is 80.1 Å². The highest BCUT2D eigenvalue weighted by Crippen LogP contribution is 2.48. The van der Waals surface area contributed by atoms with Crippen LogP contribution in [0.5, 0.6) is 69.0 Å². The van der Waals surface area contributed by atoms with Gasteiger partial charge in [-0.1, -0.05) is 86.0 Å². The molecule has 7 aromatic carbocycles. The molecule has 96 heavy (non-hydrogen) atoms. The number of aliphatic hydroxyl groups excluding tert-OH is 1. The lowest BCUT2D eigenvalue weighted by Gasteiger charge is -2.31. The largest absolute Gasteiger partial charge is 0.508 e. The molecule has 7 unspecified atom stereocenters. The third-order valence-electron chi connectivity index (χ3n) is 16.9. The first-order valence-electron chi connectivity index (χ1n) is 30.8. The molecule has 28 heteroatoms. The number of fused-ring (bicyclic) bond motifs is 14. The van der Waals surface area contributed by atoms with Gasteiger partial charge in [-0.2, -0.15) is 0 Å². The van der Waals surface area contributed by atoms with E-state index in [1.54, 1.807) is 0 Å². The van der Waals surface area contributed by atoms with Crippen LogP contribution in [-0.2, 0) is 40.0 Å². The Hall–Kier alpha value is -10.5. The molecular formula is C68H67Cl2N9O17. The van der Waals surface area contributed by atoms with Crippen LogP contribution in [0.25, 0.3) is 11.1 Å². The number of phenols is 6. The molecule has 26 nitrogen and oxygen atoms in total. The zero-order valence-corrected chi connectivity index (χ0v) is 52.5. The number of amides is 7. The highest BCUT2D eigenvalue weighted by molar-refractivity contribution is 6.32. The Labute approximate surface area is 557 Å². The highest BCUT2D eigenvalue weighted by Gasteiger charge is 2.41. The summed E-state index contributed by atoms with van der Waals surface area (Å²) < 4.78 is 18.6. The van der Waals surface area contributed by atoms with E-state index in [0.29, 0.717) is 18.5 Å². The number of hydrogen-bond donors (Lipinski definition) is 16. The molecule has 18 N–H and O–H groups in total. The van der Waals surface area contributed by atoms with Gasteiger partial charge in [-0.15, -0.1) is 0 Å². The zero-order valence-electron chi connectivity index (χ0n) is 51.0. The van der Waals surface area contributed by atoms with Crippen molar-refractivity contribution in [1.82, 2.24) is 37.2 Å². The predicted octanol–water partition coefficient (Wildman–Crippen LogP) is 7.10. The Morgan fingerprint density at radius 2 is 1.07 bits per heavy atom. The molecule has 17 bridgehead atoms. The van der Waals surface area contributed by atoms with E-state index in [4.69, 9.17) is 48.9 Å². The number of rotatable bonds is 11.